The Kier molecular flexibility index (Phi) is 5.90. The number of rotatable bonds is 7. The van der Waals surface area contributed by atoms with E-state index in [2.05, 4.69) is 50.4 Å². The molecule has 1 aliphatic rings. The summed E-state index contributed by atoms with van der Waals surface area (Å²) in [7, 11) is 0. The maximum absolute atomic E-state index is 6.00. The lowest BCUT2D eigenvalue weighted by Crippen LogP contribution is -2.24. The molecule has 20 heavy (non-hydrogen) atoms. The smallest absolute Gasteiger partial charge is 0.124 e. The second-order valence-corrected chi connectivity index (χ2v) is 6.20. The van der Waals surface area contributed by atoms with E-state index in [1.165, 1.54) is 37.7 Å². The van der Waals surface area contributed by atoms with Crippen molar-refractivity contribution in [1.82, 2.24) is 5.32 Å². The van der Waals surface area contributed by atoms with Crippen LogP contribution in [0, 0.1) is 5.92 Å². The summed E-state index contributed by atoms with van der Waals surface area (Å²) >= 11 is 0. The van der Waals surface area contributed by atoms with Crippen LogP contribution >= 0.6 is 0 Å². The third-order valence-corrected chi connectivity index (χ3v) is 4.15. The topological polar surface area (TPSA) is 21.3 Å². The van der Waals surface area contributed by atoms with E-state index in [0.29, 0.717) is 6.04 Å². The quantitative estimate of drug-likeness (QED) is 0.778. The van der Waals surface area contributed by atoms with Gasteiger partial charge in [0.2, 0.25) is 0 Å². The number of hydrogen-bond donors (Lipinski definition) is 1. The molecular weight excluding hydrogens is 246 g/mol. The largest absolute Gasteiger partial charge is 0.491 e. The van der Waals surface area contributed by atoms with Crippen molar-refractivity contribution in [2.45, 2.75) is 65.0 Å². The number of hydrogen-bond acceptors (Lipinski definition) is 2. The summed E-state index contributed by atoms with van der Waals surface area (Å²) in [6.07, 6.45) is 7.09. The van der Waals surface area contributed by atoms with Gasteiger partial charge in [0.25, 0.3) is 0 Å². The molecule has 1 aromatic rings. The summed E-state index contributed by atoms with van der Waals surface area (Å²) in [6, 6.07) is 8.95. The van der Waals surface area contributed by atoms with E-state index in [-0.39, 0.29) is 6.10 Å². The van der Waals surface area contributed by atoms with Crippen LogP contribution in [0.1, 0.15) is 64.5 Å². The van der Waals surface area contributed by atoms with Crippen molar-refractivity contribution >= 4 is 0 Å². The zero-order chi connectivity index (χ0) is 14.4. The molecule has 2 rings (SSSR count). The van der Waals surface area contributed by atoms with Gasteiger partial charge in [-0.1, -0.05) is 50.8 Å². The van der Waals surface area contributed by atoms with Crippen molar-refractivity contribution in [2.24, 2.45) is 5.92 Å². The van der Waals surface area contributed by atoms with Crippen molar-refractivity contribution in [3.05, 3.63) is 29.8 Å². The first-order valence-electron chi connectivity index (χ1n) is 8.19. The normalized spacial score (nSPS) is 17.6. The summed E-state index contributed by atoms with van der Waals surface area (Å²) in [5.74, 6) is 1.93. The van der Waals surface area contributed by atoms with Gasteiger partial charge in [-0.15, -0.1) is 0 Å². The minimum atomic E-state index is 0.227. The molecule has 112 valence electrons. The van der Waals surface area contributed by atoms with Gasteiger partial charge in [0.1, 0.15) is 5.75 Å². The van der Waals surface area contributed by atoms with Crippen molar-refractivity contribution in [2.75, 3.05) is 6.54 Å². The summed E-state index contributed by atoms with van der Waals surface area (Å²) in [6.45, 7) is 7.38. The van der Waals surface area contributed by atoms with Gasteiger partial charge in [-0.2, -0.15) is 0 Å². The van der Waals surface area contributed by atoms with E-state index >= 15 is 0 Å². The fourth-order valence-electron chi connectivity index (χ4n) is 3.28. The predicted molar refractivity (Wildman–Crippen MR) is 85.2 cm³/mol. The minimum absolute atomic E-state index is 0.227. The van der Waals surface area contributed by atoms with Crippen molar-refractivity contribution in [1.29, 1.82) is 0 Å². The van der Waals surface area contributed by atoms with Crippen molar-refractivity contribution < 1.29 is 4.74 Å². The average molecular weight is 275 g/mol. The molecule has 0 amide bonds. The first-order chi connectivity index (χ1) is 9.70. The average Bonchev–Trinajstić information content (AvgIpc) is 2.91. The zero-order valence-corrected chi connectivity index (χ0v) is 13.2. The van der Waals surface area contributed by atoms with Gasteiger partial charge >= 0.3 is 0 Å². The van der Waals surface area contributed by atoms with Gasteiger partial charge in [0.05, 0.1) is 6.10 Å². The van der Waals surface area contributed by atoms with Crippen LogP contribution in [0.15, 0.2) is 24.3 Å². The SMILES string of the molecule is CCNC(CC1CCCC1)c1ccccc1OC(C)C. The number of ether oxygens (including phenoxy) is 1. The van der Waals surface area contributed by atoms with Crippen LogP contribution in [-0.2, 0) is 0 Å². The second-order valence-electron chi connectivity index (χ2n) is 6.20. The van der Waals surface area contributed by atoms with Gasteiger partial charge in [-0.25, -0.2) is 0 Å². The molecule has 1 saturated carbocycles. The molecule has 0 saturated heterocycles. The van der Waals surface area contributed by atoms with Gasteiger partial charge < -0.3 is 10.1 Å². The van der Waals surface area contributed by atoms with Crippen LogP contribution in [0.2, 0.25) is 0 Å². The Bertz CT molecular complexity index is 396. The second kappa shape index (κ2) is 7.68. The third kappa shape index (κ3) is 4.24. The molecule has 1 N–H and O–H groups in total. The molecule has 0 heterocycles. The van der Waals surface area contributed by atoms with Crippen LogP contribution in [0.25, 0.3) is 0 Å². The van der Waals surface area contributed by atoms with Crippen molar-refractivity contribution in [3.8, 4) is 5.75 Å². The predicted octanol–water partition coefficient (Wildman–Crippen LogP) is 4.70. The number of para-hydroxylation sites is 1. The van der Waals surface area contributed by atoms with E-state index in [0.717, 1.165) is 18.2 Å². The lowest BCUT2D eigenvalue weighted by atomic mass is 9.93. The van der Waals surface area contributed by atoms with Crippen LogP contribution in [0.5, 0.6) is 5.75 Å². The maximum atomic E-state index is 6.00. The minimum Gasteiger partial charge on any atom is -0.491 e. The Morgan fingerprint density at radius 1 is 1.20 bits per heavy atom. The Morgan fingerprint density at radius 3 is 2.55 bits per heavy atom. The molecule has 1 fully saturated rings. The Labute approximate surface area is 123 Å². The standard InChI is InChI=1S/C18H29NO/c1-4-19-17(13-15-9-5-6-10-15)16-11-7-8-12-18(16)20-14(2)3/h7-8,11-12,14-15,17,19H,4-6,9-10,13H2,1-3H3. The van der Waals surface area contributed by atoms with Gasteiger partial charge in [-0.3, -0.25) is 0 Å². The van der Waals surface area contributed by atoms with E-state index < -0.39 is 0 Å². The summed E-state index contributed by atoms with van der Waals surface area (Å²) in [4.78, 5) is 0. The molecule has 0 aliphatic heterocycles. The Morgan fingerprint density at radius 2 is 1.90 bits per heavy atom. The molecule has 1 aliphatic carbocycles. The summed E-state index contributed by atoms with van der Waals surface area (Å²) in [5, 5.41) is 3.66. The highest BCUT2D eigenvalue weighted by Crippen LogP contribution is 2.36. The number of nitrogens with one attached hydrogen (secondary N) is 1. The molecule has 2 nitrogen and oxygen atoms in total. The van der Waals surface area contributed by atoms with E-state index in [4.69, 9.17) is 4.74 Å². The maximum Gasteiger partial charge on any atom is 0.124 e. The summed E-state index contributed by atoms with van der Waals surface area (Å²) in [5.41, 5.74) is 1.33. The van der Waals surface area contributed by atoms with Crippen LogP contribution in [0.3, 0.4) is 0 Å². The van der Waals surface area contributed by atoms with E-state index in [9.17, 15) is 0 Å². The van der Waals surface area contributed by atoms with Gasteiger partial charge in [-0.05, 0) is 38.8 Å². The number of benzene rings is 1. The fraction of sp³-hybridized carbons (Fsp3) is 0.667. The van der Waals surface area contributed by atoms with Gasteiger partial charge in [0, 0.05) is 11.6 Å². The van der Waals surface area contributed by atoms with Crippen LogP contribution in [-0.4, -0.2) is 12.6 Å². The highest BCUT2D eigenvalue weighted by atomic mass is 16.5. The molecule has 0 bridgehead atoms. The first-order valence-corrected chi connectivity index (χ1v) is 8.19. The van der Waals surface area contributed by atoms with Gasteiger partial charge in [0.15, 0.2) is 0 Å². The lowest BCUT2D eigenvalue weighted by Gasteiger charge is -2.25. The molecular formula is C18H29NO. The first kappa shape index (κ1) is 15.4. The fourth-order valence-corrected chi connectivity index (χ4v) is 3.28. The van der Waals surface area contributed by atoms with Crippen molar-refractivity contribution in [3.63, 3.8) is 0 Å². The molecule has 1 aromatic carbocycles. The van der Waals surface area contributed by atoms with Crippen LogP contribution < -0.4 is 10.1 Å². The van der Waals surface area contributed by atoms with E-state index in [1.54, 1.807) is 0 Å². The Hall–Kier alpha value is -1.02. The molecule has 0 radical (unpaired) electrons. The third-order valence-electron chi connectivity index (χ3n) is 4.15. The molecule has 0 aromatic heterocycles. The summed E-state index contributed by atoms with van der Waals surface area (Å²) < 4.78 is 6.00. The van der Waals surface area contributed by atoms with E-state index in [1.807, 2.05) is 0 Å². The molecule has 1 atom stereocenters. The molecule has 0 spiro atoms. The monoisotopic (exact) mass is 275 g/mol. The van der Waals surface area contributed by atoms with Crippen LogP contribution in [0.4, 0.5) is 0 Å². The Balaban J connectivity index is 2.14. The molecule has 2 heteroatoms. The lowest BCUT2D eigenvalue weighted by molar-refractivity contribution is 0.236. The highest BCUT2D eigenvalue weighted by Gasteiger charge is 2.23. The molecule has 1 unspecified atom stereocenters. The zero-order valence-electron chi connectivity index (χ0n) is 13.2. The highest BCUT2D eigenvalue weighted by molar-refractivity contribution is 5.36.